The van der Waals surface area contributed by atoms with E-state index >= 15 is 0 Å². The van der Waals surface area contributed by atoms with E-state index in [1.54, 1.807) is 12.1 Å². The van der Waals surface area contributed by atoms with E-state index in [1.807, 2.05) is 0 Å². The molecule has 3 amide bonds. The number of carbonyl (C=O) groups excluding carboxylic acids is 3. The van der Waals surface area contributed by atoms with Crippen LogP contribution in [0.1, 0.15) is 40.0 Å². The number of aliphatic carboxylic acids is 1. The van der Waals surface area contributed by atoms with Gasteiger partial charge >= 0.3 is 5.97 Å². The van der Waals surface area contributed by atoms with Gasteiger partial charge in [0.15, 0.2) is 0 Å². The molecule has 1 heterocycles. The van der Waals surface area contributed by atoms with Crippen molar-refractivity contribution in [2.45, 2.75) is 25.3 Å². The number of fused-ring (bicyclic) bond motifs is 1. The number of amides is 3. The summed E-state index contributed by atoms with van der Waals surface area (Å²) >= 11 is 0. The second kappa shape index (κ2) is 5.83. The smallest absolute Gasteiger partial charge is 0.326 e. The Hall–Kier alpha value is -2.70. The van der Waals surface area contributed by atoms with Crippen molar-refractivity contribution in [2.24, 2.45) is 5.92 Å². The predicted molar refractivity (Wildman–Crippen MR) is 78.7 cm³/mol. The van der Waals surface area contributed by atoms with Crippen LogP contribution in [-0.2, 0) is 9.59 Å². The fourth-order valence-electron chi connectivity index (χ4n) is 2.67. The second-order valence-electron chi connectivity index (χ2n) is 5.88. The Balaban J connectivity index is 1.65. The molecule has 1 atom stereocenters. The standard InChI is InChI=1S/C16H16N2O5/c19-13(17-12(16(22)23)7-9-5-6-9)8-18-14(20)10-3-1-2-4-11(10)15(18)21/h1-4,9,12H,5-8H2,(H,17,19)(H,22,23). The minimum absolute atomic E-state index is 0.262. The molecule has 1 aromatic rings. The molecule has 1 saturated carbocycles. The van der Waals surface area contributed by atoms with Crippen LogP contribution in [0.3, 0.4) is 0 Å². The van der Waals surface area contributed by atoms with Crippen molar-refractivity contribution in [1.29, 1.82) is 0 Å². The molecule has 0 spiro atoms. The van der Waals surface area contributed by atoms with Crippen LogP contribution in [0.4, 0.5) is 0 Å². The molecule has 0 aromatic heterocycles. The molecule has 1 unspecified atom stereocenters. The maximum absolute atomic E-state index is 12.2. The predicted octanol–water partition coefficient (Wildman–Crippen LogP) is 0.652. The SMILES string of the molecule is O=C(CN1C(=O)c2ccccc2C1=O)NC(CC1CC1)C(=O)O. The summed E-state index contributed by atoms with van der Waals surface area (Å²) in [5, 5.41) is 11.5. The highest BCUT2D eigenvalue weighted by molar-refractivity contribution is 6.22. The second-order valence-corrected chi connectivity index (χ2v) is 5.88. The molecule has 1 aromatic carbocycles. The van der Waals surface area contributed by atoms with Gasteiger partial charge in [-0.05, 0) is 24.5 Å². The summed E-state index contributed by atoms with van der Waals surface area (Å²) < 4.78 is 0. The minimum Gasteiger partial charge on any atom is -0.480 e. The average Bonchev–Trinajstić information content (AvgIpc) is 3.31. The summed E-state index contributed by atoms with van der Waals surface area (Å²) in [5.74, 6) is -2.49. The summed E-state index contributed by atoms with van der Waals surface area (Å²) in [6.07, 6.45) is 2.32. The van der Waals surface area contributed by atoms with Crippen molar-refractivity contribution < 1.29 is 24.3 Å². The zero-order valence-corrected chi connectivity index (χ0v) is 12.3. The van der Waals surface area contributed by atoms with E-state index in [1.165, 1.54) is 12.1 Å². The average molecular weight is 316 g/mol. The van der Waals surface area contributed by atoms with E-state index in [9.17, 15) is 19.2 Å². The van der Waals surface area contributed by atoms with Gasteiger partial charge in [0.1, 0.15) is 12.6 Å². The van der Waals surface area contributed by atoms with Gasteiger partial charge in [0.05, 0.1) is 11.1 Å². The Morgan fingerprint density at radius 3 is 2.22 bits per heavy atom. The zero-order chi connectivity index (χ0) is 16.6. The van der Waals surface area contributed by atoms with Crippen molar-refractivity contribution in [2.75, 3.05) is 6.54 Å². The molecule has 1 aliphatic carbocycles. The van der Waals surface area contributed by atoms with Gasteiger partial charge in [-0.25, -0.2) is 4.79 Å². The molecule has 0 bridgehead atoms. The van der Waals surface area contributed by atoms with E-state index in [0.29, 0.717) is 12.3 Å². The number of rotatable bonds is 6. The van der Waals surface area contributed by atoms with Crippen molar-refractivity contribution in [3.63, 3.8) is 0 Å². The van der Waals surface area contributed by atoms with Crippen LogP contribution in [0, 0.1) is 5.92 Å². The first-order chi connectivity index (χ1) is 11.0. The number of carboxylic acid groups (broad SMARTS) is 1. The van der Waals surface area contributed by atoms with Crippen LogP contribution in [0.25, 0.3) is 0 Å². The van der Waals surface area contributed by atoms with E-state index in [-0.39, 0.29) is 11.1 Å². The number of imide groups is 1. The molecule has 1 fully saturated rings. The summed E-state index contributed by atoms with van der Waals surface area (Å²) in [4.78, 5) is 48.4. The number of hydrogen-bond donors (Lipinski definition) is 2. The molecule has 7 nitrogen and oxygen atoms in total. The fraction of sp³-hybridized carbons (Fsp3) is 0.375. The lowest BCUT2D eigenvalue weighted by Gasteiger charge is -2.17. The summed E-state index contributed by atoms with van der Waals surface area (Å²) in [6, 6.07) is 5.36. The van der Waals surface area contributed by atoms with Gasteiger partial charge in [0, 0.05) is 0 Å². The lowest BCUT2D eigenvalue weighted by molar-refractivity contribution is -0.142. The summed E-state index contributed by atoms with van der Waals surface area (Å²) in [7, 11) is 0. The quantitative estimate of drug-likeness (QED) is 0.750. The Morgan fingerprint density at radius 1 is 1.17 bits per heavy atom. The van der Waals surface area contributed by atoms with Gasteiger partial charge in [-0.15, -0.1) is 0 Å². The first kappa shape index (κ1) is 15.2. The summed E-state index contributed by atoms with van der Waals surface area (Å²) in [6.45, 7) is -0.471. The lowest BCUT2D eigenvalue weighted by Crippen LogP contribution is -2.47. The summed E-state index contributed by atoms with van der Waals surface area (Å²) in [5.41, 5.74) is 0.524. The fourth-order valence-corrected chi connectivity index (χ4v) is 2.67. The highest BCUT2D eigenvalue weighted by Crippen LogP contribution is 2.33. The Kier molecular flexibility index (Phi) is 3.85. The Morgan fingerprint density at radius 2 is 1.74 bits per heavy atom. The van der Waals surface area contributed by atoms with Gasteiger partial charge < -0.3 is 10.4 Å². The molecule has 0 radical (unpaired) electrons. The van der Waals surface area contributed by atoms with Gasteiger partial charge in [0.2, 0.25) is 5.91 Å². The Labute approximate surface area is 132 Å². The molecule has 0 saturated heterocycles. The van der Waals surface area contributed by atoms with Gasteiger partial charge in [-0.1, -0.05) is 25.0 Å². The monoisotopic (exact) mass is 316 g/mol. The minimum atomic E-state index is -1.10. The van der Waals surface area contributed by atoms with Crippen LogP contribution in [0.2, 0.25) is 0 Å². The lowest BCUT2D eigenvalue weighted by atomic mass is 10.1. The maximum atomic E-state index is 12.2. The van der Waals surface area contributed by atoms with E-state index in [4.69, 9.17) is 5.11 Å². The van der Waals surface area contributed by atoms with E-state index in [0.717, 1.165) is 17.7 Å². The third-order valence-corrected chi connectivity index (χ3v) is 4.08. The van der Waals surface area contributed by atoms with Crippen molar-refractivity contribution >= 4 is 23.7 Å². The molecule has 2 N–H and O–H groups in total. The number of carboxylic acids is 1. The molecular formula is C16H16N2O5. The van der Waals surface area contributed by atoms with Crippen LogP contribution in [-0.4, -0.2) is 46.3 Å². The van der Waals surface area contributed by atoms with Crippen molar-refractivity contribution in [3.8, 4) is 0 Å². The molecule has 1 aliphatic heterocycles. The largest absolute Gasteiger partial charge is 0.480 e. The van der Waals surface area contributed by atoms with Crippen LogP contribution in [0.5, 0.6) is 0 Å². The van der Waals surface area contributed by atoms with Crippen molar-refractivity contribution in [1.82, 2.24) is 10.2 Å². The molecular weight excluding hydrogens is 300 g/mol. The number of nitrogens with zero attached hydrogens (tertiary/aromatic N) is 1. The third-order valence-electron chi connectivity index (χ3n) is 4.08. The highest BCUT2D eigenvalue weighted by Gasteiger charge is 2.37. The van der Waals surface area contributed by atoms with Crippen LogP contribution >= 0.6 is 0 Å². The van der Waals surface area contributed by atoms with Gasteiger partial charge in [-0.2, -0.15) is 0 Å². The number of benzene rings is 1. The number of carbonyl (C=O) groups is 4. The molecule has 2 aliphatic rings. The molecule has 120 valence electrons. The van der Waals surface area contributed by atoms with Gasteiger partial charge in [-0.3, -0.25) is 19.3 Å². The normalized spacial score (nSPS) is 17.8. The van der Waals surface area contributed by atoms with Crippen molar-refractivity contribution in [3.05, 3.63) is 35.4 Å². The van der Waals surface area contributed by atoms with E-state index in [2.05, 4.69) is 5.32 Å². The number of hydrogen-bond acceptors (Lipinski definition) is 4. The highest BCUT2D eigenvalue weighted by atomic mass is 16.4. The van der Waals surface area contributed by atoms with Crippen LogP contribution < -0.4 is 5.32 Å². The molecule has 23 heavy (non-hydrogen) atoms. The third kappa shape index (κ3) is 3.08. The van der Waals surface area contributed by atoms with Crippen LogP contribution in [0.15, 0.2) is 24.3 Å². The van der Waals surface area contributed by atoms with E-state index < -0.39 is 36.3 Å². The zero-order valence-electron chi connectivity index (χ0n) is 12.3. The molecule has 3 rings (SSSR count). The van der Waals surface area contributed by atoms with Gasteiger partial charge in [0.25, 0.3) is 11.8 Å². The molecule has 7 heteroatoms. The maximum Gasteiger partial charge on any atom is 0.326 e. The number of nitrogens with one attached hydrogen (secondary N) is 1. The Bertz CT molecular complexity index is 660. The first-order valence-electron chi connectivity index (χ1n) is 7.44. The first-order valence-corrected chi connectivity index (χ1v) is 7.44. The topological polar surface area (TPSA) is 104 Å².